The molecule has 0 amide bonds. The van der Waals surface area contributed by atoms with Crippen molar-refractivity contribution >= 4 is 17.6 Å². The van der Waals surface area contributed by atoms with E-state index in [1.165, 1.54) is 0 Å². The van der Waals surface area contributed by atoms with Crippen LogP contribution in [0.5, 0.6) is 0 Å². The van der Waals surface area contributed by atoms with Crippen LogP contribution in [-0.2, 0) is 4.79 Å². The Morgan fingerprint density at radius 2 is 2.06 bits per heavy atom. The summed E-state index contributed by atoms with van der Waals surface area (Å²) >= 11 is 5.80. The SMILES string of the molecule is Cc1nnc(C(CC(=O)O)c2ccc(Cl)cc2)o1. The lowest BCUT2D eigenvalue weighted by molar-refractivity contribution is -0.137. The Morgan fingerprint density at radius 3 is 2.56 bits per heavy atom. The van der Waals surface area contributed by atoms with E-state index < -0.39 is 11.9 Å². The molecule has 5 nitrogen and oxygen atoms in total. The molecule has 0 spiro atoms. The van der Waals surface area contributed by atoms with E-state index in [4.69, 9.17) is 21.1 Å². The van der Waals surface area contributed by atoms with Crippen LogP contribution in [0.15, 0.2) is 28.7 Å². The monoisotopic (exact) mass is 266 g/mol. The van der Waals surface area contributed by atoms with E-state index in [9.17, 15) is 4.79 Å². The number of nitrogens with zero attached hydrogens (tertiary/aromatic N) is 2. The average molecular weight is 267 g/mol. The third kappa shape index (κ3) is 2.87. The number of carbonyl (C=O) groups is 1. The topological polar surface area (TPSA) is 76.2 Å². The third-order valence-electron chi connectivity index (χ3n) is 2.49. The fourth-order valence-corrected chi connectivity index (χ4v) is 1.80. The Balaban J connectivity index is 2.36. The molecule has 1 heterocycles. The van der Waals surface area contributed by atoms with Crippen molar-refractivity contribution in [2.24, 2.45) is 0 Å². The van der Waals surface area contributed by atoms with Crippen molar-refractivity contribution in [3.8, 4) is 0 Å². The largest absolute Gasteiger partial charge is 0.481 e. The number of benzene rings is 1. The maximum atomic E-state index is 10.9. The Labute approximate surface area is 108 Å². The predicted octanol–water partition coefficient (Wildman–Crippen LogP) is 2.64. The molecule has 1 atom stereocenters. The van der Waals surface area contributed by atoms with Gasteiger partial charge in [-0.05, 0) is 17.7 Å². The smallest absolute Gasteiger partial charge is 0.304 e. The van der Waals surface area contributed by atoms with Gasteiger partial charge in [0.15, 0.2) is 0 Å². The molecular weight excluding hydrogens is 256 g/mol. The van der Waals surface area contributed by atoms with Gasteiger partial charge in [0.1, 0.15) is 0 Å². The molecule has 0 aliphatic carbocycles. The molecule has 94 valence electrons. The summed E-state index contributed by atoms with van der Waals surface area (Å²) in [6, 6.07) is 6.93. The molecular formula is C12H11ClN2O3. The summed E-state index contributed by atoms with van der Waals surface area (Å²) < 4.78 is 5.31. The number of hydrogen-bond acceptors (Lipinski definition) is 4. The van der Waals surface area contributed by atoms with Crippen LogP contribution in [-0.4, -0.2) is 21.3 Å². The minimum absolute atomic E-state index is 0.108. The molecule has 2 rings (SSSR count). The fraction of sp³-hybridized carbons (Fsp3) is 0.250. The number of hydrogen-bond donors (Lipinski definition) is 1. The minimum atomic E-state index is -0.925. The van der Waals surface area contributed by atoms with Gasteiger partial charge in [0.05, 0.1) is 12.3 Å². The highest BCUT2D eigenvalue weighted by atomic mass is 35.5. The van der Waals surface area contributed by atoms with E-state index in [2.05, 4.69) is 10.2 Å². The van der Waals surface area contributed by atoms with Crippen molar-refractivity contribution in [1.82, 2.24) is 10.2 Å². The second-order valence-corrected chi connectivity index (χ2v) is 4.30. The quantitative estimate of drug-likeness (QED) is 0.920. The molecule has 0 aliphatic rings. The molecule has 0 saturated heterocycles. The van der Waals surface area contributed by atoms with Crippen LogP contribution in [0.1, 0.15) is 29.7 Å². The third-order valence-corrected chi connectivity index (χ3v) is 2.74. The molecule has 1 aromatic carbocycles. The molecule has 6 heteroatoms. The van der Waals surface area contributed by atoms with Gasteiger partial charge in [-0.25, -0.2) is 0 Å². The second-order valence-electron chi connectivity index (χ2n) is 3.86. The number of carboxylic acids is 1. The summed E-state index contributed by atoms with van der Waals surface area (Å²) in [7, 11) is 0. The van der Waals surface area contributed by atoms with Gasteiger partial charge < -0.3 is 9.52 Å². The first-order chi connectivity index (χ1) is 8.56. The Hall–Kier alpha value is -1.88. The van der Waals surface area contributed by atoms with Crippen molar-refractivity contribution in [3.05, 3.63) is 46.6 Å². The molecule has 1 unspecified atom stereocenters. The highest BCUT2D eigenvalue weighted by molar-refractivity contribution is 6.30. The van der Waals surface area contributed by atoms with E-state index >= 15 is 0 Å². The number of aliphatic carboxylic acids is 1. The van der Waals surface area contributed by atoms with Gasteiger partial charge in [-0.2, -0.15) is 0 Å². The molecule has 1 N–H and O–H groups in total. The van der Waals surface area contributed by atoms with Gasteiger partial charge in [0.25, 0.3) is 0 Å². The maximum Gasteiger partial charge on any atom is 0.304 e. The summed E-state index contributed by atoms with van der Waals surface area (Å²) in [6.45, 7) is 1.66. The van der Waals surface area contributed by atoms with Crippen LogP contribution >= 0.6 is 11.6 Å². The number of rotatable bonds is 4. The van der Waals surface area contributed by atoms with E-state index in [1.807, 2.05) is 0 Å². The lowest BCUT2D eigenvalue weighted by atomic mass is 9.96. The van der Waals surface area contributed by atoms with Crippen LogP contribution in [0.3, 0.4) is 0 Å². The molecule has 0 bridgehead atoms. The van der Waals surface area contributed by atoms with E-state index in [0.717, 1.165) is 5.56 Å². The van der Waals surface area contributed by atoms with Gasteiger partial charge in [0.2, 0.25) is 11.8 Å². The molecule has 2 aromatic rings. The van der Waals surface area contributed by atoms with E-state index in [0.29, 0.717) is 16.8 Å². The van der Waals surface area contributed by atoms with Crippen molar-refractivity contribution in [3.63, 3.8) is 0 Å². The van der Waals surface area contributed by atoms with Crippen molar-refractivity contribution in [2.75, 3.05) is 0 Å². The van der Waals surface area contributed by atoms with Crippen LogP contribution in [0, 0.1) is 6.92 Å². The van der Waals surface area contributed by atoms with Crippen LogP contribution in [0.25, 0.3) is 0 Å². The van der Waals surface area contributed by atoms with Gasteiger partial charge in [-0.1, -0.05) is 23.7 Å². The van der Waals surface area contributed by atoms with Crippen LogP contribution < -0.4 is 0 Å². The number of aryl methyl sites for hydroxylation is 1. The second kappa shape index (κ2) is 5.18. The van der Waals surface area contributed by atoms with Crippen molar-refractivity contribution in [2.45, 2.75) is 19.3 Å². The summed E-state index contributed by atoms with van der Waals surface area (Å²) in [4.78, 5) is 10.9. The van der Waals surface area contributed by atoms with Crippen molar-refractivity contribution < 1.29 is 14.3 Å². The van der Waals surface area contributed by atoms with Crippen molar-refractivity contribution in [1.29, 1.82) is 0 Å². The van der Waals surface area contributed by atoms with E-state index in [-0.39, 0.29) is 6.42 Å². The number of carboxylic acid groups (broad SMARTS) is 1. The first-order valence-electron chi connectivity index (χ1n) is 5.33. The standard InChI is InChI=1S/C12H11ClN2O3/c1-7-14-15-12(18-7)10(6-11(16)17)8-2-4-9(13)5-3-8/h2-5,10H,6H2,1H3,(H,16,17). The first kappa shape index (κ1) is 12.6. The predicted molar refractivity (Wildman–Crippen MR) is 64.6 cm³/mol. The average Bonchev–Trinajstić information content (AvgIpc) is 2.74. The minimum Gasteiger partial charge on any atom is -0.481 e. The zero-order chi connectivity index (χ0) is 13.1. The normalized spacial score (nSPS) is 12.3. The molecule has 18 heavy (non-hydrogen) atoms. The molecule has 1 aromatic heterocycles. The lowest BCUT2D eigenvalue weighted by Crippen LogP contribution is -2.08. The number of aromatic nitrogens is 2. The highest BCUT2D eigenvalue weighted by Gasteiger charge is 2.23. The van der Waals surface area contributed by atoms with Gasteiger partial charge in [-0.3, -0.25) is 4.79 Å². The zero-order valence-corrected chi connectivity index (χ0v) is 10.4. The Kier molecular flexibility index (Phi) is 3.62. The summed E-state index contributed by atoms with van der Waals surface area (Å²) in [5.41, 5.74) is 0.783. The zero-order valence-electron chi connectivity index (χ0n) is 9.63. The highest BCUT2D eigenvalue weighted by Crippen LogP contribution is 2.28. The number of halogens is 1. The molecule has 0 fully saturated rings. The molecule has 0 saturated carbocycles. The van der Waals surface area contributed by atoms with Crippen LogP contribution in [0.4, 0.5) is 0 Å². The van der Waals surface area contributed by atoms with Gasteiger partial charge in [0, 0.05) is 11.9 Å². The first-order valence-corrected chi connectivity index (χ1v) is 5.71. The molecule has 0 aliphatic heterocycles. The summed E-state index contributed by atoms with van der Waals surface area (Å²) in [5, 5.41) is 17.2. The van der Waals surface area contributed by atoms with Crippen LogP contribution in [0.2, 0.25) is 5.02 Å². The molecule has 0 radical (unpaired) electrons. The van der Waals surface area contributed by atoms with E-state index in [1.54, 1.807) is 31.2 Å². The summed E-state index contributed by atoms with van der Waals surface area (Å²) in [5.74, 6) is -0.668. The van der Waals surface area contributed by atoms with Gasteiger partial charge >= 0.3 is 5.97 Å². The lowest BCUT2D eigenvalue weighted by Gasteiger charge is -2.10. The Morgan fingerprint density at radius 1 is 1.39 bits per heavy atom. The van der Waals surface area contributed by atoms with Gasteiger partial charge in [-0.15, -0.1) is 10.2 Å². The fourth-order valence-electron chi connectivity index (χ4n) is 1.67. The Bertz CT molecular complexity index is 551. The maximum absolute atomic E-state index is 10.9. The summed E-state index contributed by atoms with van der Waals surface area (Å²) in [6.07, 6.45) is -0.108.